The summed E-state index contributed by atoms with van der Waals surface area (Å²) in [6, 6.07) is 8.11. The van der Waals surface area contributed by atoms with Crippen molar-refractivity contribution in [3.8, 4) is 17.3 Å². The van der Waals surface area contributed by atoms with Crippen LogP contribution in [0.1, 0.15) is 42.5 Å². The molecule has 51 heavy (non-hydrogen) atoms. The van der Waals surface area contributed by atoms with Crippen LogP contribution < -0.4 is 9.64 Å². The van der Waals surface area contributed by atoms with Crippen molar-refractivity contribution in [2.24, 2.45) is 0 Å². The second-order valence-electron chi connectivity index (χ2n) is 13.4. The van der Waals surface area contributed by atoms with Crippen LogP contribution in [-0.4, -0.2) is 93.2 Å². The Bertz CT molecular complexity index is 1990. The fourth-order valence-corrected chi connectivity index (χ4v) is 7.65. The van der Waals surface area contributed by atoms with Crippen LogP contribution in [0.4, 0.5) is 32.2 Å². The lowest BCUT2D eigenvalue weighted by Gasteiger charge is -2.31. The first-order chi connectivity index (χ1) is 24.3. The first kappa shape index (κ1) is 34.6. The summed E-state index contributed by atoms with van der Waals surface area (Å²) in [6.07, 6.45) is 0.194. The number of rotatable bonds is 8. The normalized spacial score (nSPS) is 22.5. The number of likely N-dealkylation sites (tertiary alicyclic amines) is 1. The maximum Gasteiger partial charge on any atom is 0.417 e. The number of hydrogen-bond acceptors (Lipinski definition) is 8. The molecule has 15 heteroatoms. The predicted octanol–water partition coefficient (Wildman–Crippen LogP) is 6.56. The zero-order valence-corrected chi connectivity index (χ0v) is 27.9. The van der Waals surface area contributed by atoms with Gasteiger partial charge >= 0.3 is 12.2 Å². The number of alkyl halides is 4. The average molecular weight is 712 g/mol. The van der Waals surface area contributed by atoms with Crippen LogP contribution in [0.5, 0.6) is 6.01 Å². The number of carbonyl (C=O) groups is 1. The van der Waals surface area contributed by atoms with Crippen LogP contribution in [0.25, 0.3) is 28.2 Å². The molecule has 1 aromatic carbocycles. The summed E-state index contributed by atoms with van der Waals surface area (Å²) in [5.41, 5.74) is -2.69. The topological polar surface area (TPSA) is 87.6 Å². The Morgan fingerprint density at radius 2 is 1.94 bits per heavy atom. The summed E-state index contributed by atoms with van der Waals surface area (Å²) in [5, 5.41) is 0.101. The van der Waals surface area contributed by atoms with Crippen molar-refractivity contribution in [1.82, 2.24) is 29.7 Å². The zero-order valence-electron chi connectivity index (χ0n) is 27.9. The largest absolute Gasteiger partial charge is 0.461 e. The molecule has 3 fully saturated rings. The van der Waals surface area contributed by atoms with Crippen molar-refractivity contribution in [3.05, 3.63) is 77.3 Å². The van der Waals surface area contributed by atoms with E-state index in [9.17, 15) is 26.7 Å². The molecular formula is C36H35F6N7O2. The number of pyridine rings is 2. The van der Waals surface area contributed by atoms with E-state index in [1.807, 2.05) is 4.90 Å². The Balaban J connectivity index is 1.24. The van der Waals surface area contributed by atoms with E-state index in [1.54, 1.807) is 30.1 Å². The smallest absolute Gasteiger partial charge is 0.417 e. The van der Waals surface area contributed by atoms with Crippen molar-refractivity contribution in [1.29, 1.82) is 0 Å². The fourth-order valence-electron chi connectivity index (χ4n) is 7.65. The molecule has 0 N–H and O–H groups in total. The summed E-state index contributed by atoms with van der Waals surface area (Å²) < 4.78 is 94.6. The summed E-state index contributed by atoms with van der Waals surface area (Å²) in [5.74, 6) is -2.73. The summed E-state index contributed by atoms with van der Waals surface area (Å²) in [4.78, 5) is 35.2. The van der Waals surface area contributed by atoms with Crippen LogP contribution in [-0.2, 0) is 11.0 Å². The van der Waals surface area contributed by atoms with Crippen LogP contribution in [0, 0.1) is 12.7 Å². The van der Waals surface area contributed by atoms with Crippen molar-refractivity contribution < 1.29 is 35.9 Å². The Morgan fingerprint density at radius 3 is 2.71 bits per heavy atom. The van der Waals surface area contributed by atoms with Crippen molar-refractivity contribution in [2.75, 3.05) is 44.7 Å². The van der Waals surface area contributed by atoms with Crippen molar-refractivity contribution in [3.63, 3.8) is 0 Å². The van der Waals surface area contributed by atoms with E-state index in [2.05, 4.69) is 19.9 Å². The van der Waals surface area contributed by atoms with Gasteiger partial charge in [-0.15, -0.1) is 0 Å². The Labute approximate surface area is 290 Å². The highest BCUT2D eigenvalue weighted by Crippen LogP contribution is 2.42. The van der Waals surface area contributed by atoms with Gasteiger partial charge in [-0.2, -0.15) is 23.1 Å². The minimum absolute atomic E-state index is 0.0331. The van der Waals surface area contributed by atoms with E-state index in [0.29, 0.717) is 19.4 Å². The molecule has 0 spiro atoms. The number of anilines is 1. The first-order valence-corrected chi connectivity index (χ1v) is 16.7. The molecule has 0 saturated carbocycles. The van der Waals surface area contributed by atoms with Crippen molar-refractivity contribution >= 4 is 28.7 Å². The maximum atomic E-state index is 16.5. The molecule has 268 valence electrons. The van der Waals surface area contributed by atoms with E-state index >= 15 is 4.39 Å². The van der Waals surface area contributed by atoms with E-state index in [1.165, 1.54) is 36.4 Å². The van der Waals surface area contributed by atoms with Gasteiger partial charge in [0.25, 0.3) is 5.91 Å². The van der Waals surface area contributed by atoms with Crippen LogP contribution in [0.3, 0.4) is 0 Å². The van der Waals surface area contributed by atoms with Crippen LogP contribution in [0.15, 0.2) is 54.6 Å². The first-order valence-electron chi connectivity index (χ1n) is 16.7. The van der Waals surface area contributed by atoms with Gasteiger partial charge in [-0.25, -0.2) is 13.2 Å². The molecule has 1 amide bonds. The van der Waals surface area contributed by atoms with Crippen molar-refractivity contribution in [2.45, 2.75) is 56.5 Å². The Hall–Kier alpha value is -4.79. The SMILES string of the molecule is Cc1cccc(-c2ncc3c(N(C)C4CCN(C(=O)/C(F)=C/c5ccccn5)C4)nc(OC[C@@]45CCCN4CC(F)C5)nc3c2F)c1C(F)(F)F. The van der Waals surface area contributed by atoms with Gasteiger partial charge in [0, 0.05) is 63.2 Å². The van der Waals surface area contributed by atoms with Gasteiger partial charge in [-0.05, 0) is 50.4 Å². The number of aromatic nitrogens is 4. The van der Waals surface area contributed by atoms with Gasteiger partial charge in [0.05, 0.1) is 22.2 Å². The number of carbonyl (C=O) groups excluding carboxylic acids is 1. The number of hydrogen-bond donors (Lipinski definition) is 0. The second-order valence-corrected chi connectivity index (χ2v) is 13.4. The van der Waals surface area contributed by atoms with Gasteiger partial charge < -0.3 is 14.5 Å². The molecule has 3 saturated heterocycles. The number of benzene rings is 1. The molecule has 9 nitrogen and oxygen atoms in total. The number of amides is 1. The minimum atomic E-state index is -4.78. The van der Waals surface area contributed by atoms with Gasteiger partial charge in [0.15, 0.2) is 11.6 Å². The average Bonchev–Trinajstić information content (AvgIpc) is 3.81. The van der Waals surface area contributed by atoms with Gasteiger partial charge in [0.2, 0.25) is 0 Å². The lowest BCUT2D eigenvalue weighted by molar-refractivity contribution is -0.137. The molecule has 7 rings (SSSR count). The van der Waals surface area contributed by atoms with E-state index < -0.39 is 58.3 Å². The fraction of sp³-hybridized carbons (Fsp3) is 0.417. The highest BCUT2D eigenvalue weighted by atomic mass is 19.4. The highest BCUT2D eigenvalue weighted by Gasteiger charge is 2.49. The standard InChI is InChI=1S/C36H35F6N7O2/c1-21-7-5-9-25(28(21)36(40,41)42)30-29(39)31-26(17-44-30)32(46-34(45-31)51-20-35-11-6-13-49(35)18-22(37)16-35)47(2)24-10-14-48(19-24)33(50)27(38)15-23-8-3-4-12-43-23/h3-5,7-9,12,15,17,22,24H,6,10-11,13-14,16,18-20H2,1-2H3/b27-15-/t22?,24?,35-/m0/s1. The molecule has 0 radical (unpaired) electrons. The van der Waals surface area contributed by atoms with Gasteiger partial charge in [-0.3, -0.25) is 19.7 Å². The summed E-state index contributed by atoms with van der Waals surface area (Å²) in [7, 11) is 1.67. The molecule has 0 aliphatic carbocycles. The van der Waals surface area contributed by atoms with Gasteiger partial charge in [0.1, 0.15) is 29.8 Å². The monoisotopic (exact) mass is 711 g/mol. The lowest BCUT2D eigenvalue weighted by atomic mass is 9.95. The third-order valence-electron chi connectivity index (χ3n) is 10.2. The van der Waals surface area contributed by atoms with E-state index in [4.69, 9.17) is 4.74 Å². The van der Waals surface area contributed by atoms with Gasteiger partial charge in [-0.1, -0.05) is 24.3 Å². The number of aryl methyl sites for hydroxylation is 1. The maximum absolute atomic E-state index is 16.5. The third-order valence-corrected chi connectivity index (χ3v) is 10.2. The van der Waals surface area contributed by atoms with Crippen LogP contribution >= 0.6 is 0 Å². The molecule has 3 aliphatic rings. The number of fused-ring (bicyclic) bond motifs is 2. The number of ether oxygens (including phenoxy) is 1. The predicted molar refractivity (Wildman–Crippen MR) is 178 cm³/mol. The summed E-state index contributed by atoms with van der Waals surface area (Å²) in [6.45, 7) is 2.64. The number of likely N-dealkylation sites (N-methyl/N-ethyl adjacent to an activating group) is 1. The molecule has 4 aromatic rings. The zero-order chi connectivity index (χ0) is 36.1. The van der Waals surface area contributed by atoms with E-state index in [0.717, 1.165) is 18.6 Å². The number of nitrogens with zero attached hydrogens (tertiary/aromatic N) is 7. The molecule has 2 unspecified atom stereocenters. The Kier molecular flexibility index (Phi) is 9.10. The summed E-state index contributed by atoms with van der Waals surface area (Å²) >= 11 is 0. The second kappa shape index (κ2) is 13.4. The molecule has 0 bridgehead atoms. The lowest BCUT2D eigenvalue weighted by Crippen LogP contribution is -2.43. The van der Waals surface area contributed by atoms with Crippen LogP contribution in [0.2, 0.25) is 0 Å². The molecule has 6 heterocycles. The third kappa shape index (κ3) is 6.59. The Morgan fingerprint density at radius 1 is 1.12 bits per heavy atom. The molecule has 3 atom stereocenters. The minimum Gasteiger partial charge on any atom is -0.461 e. The molecular weight excluding hydrogens is 676 g/mol. The molecule has 3 aliphatic heterocycles. The quantitative estimate of drug-likeness (QED) is 0.150. The molecule has 3 aromatic heterocycles. The van der Waals surface area contributed by atoms with E-state index in [-0.39, 0.29) is 66.7 Å². The highest BCUT2D eigenvalue weighted by molar-refractivity contribution is 5.96. The number of halogens is 6.